The van der Waals surface area contributed by atoms with Gasteiger partial charge in [0.2, 0.25) is 0 Å². The summed E-state index contributed by atoms with van der Waals surface area (Å²) in [7, 11) is 0. The Kier molecular flexibility index (Phi) is 2.20. The molecule has 0 radical (unpaired) electrons. The molecule has 2 heterocycles. The molecule has 0 aliphatic heterocycles. The zero-order valence-electron chi connectivity index (χ0n) is 6.11. The van der Waals surface area contributed by atoms with Gasteiger partial charge in [0, 0.05) is 5.38 Å². The van der Waals surface area contributed by atoms with E-state index in [-0.39, 0.29) is 0 Å². The van der Waals surface area contributed by atoms with Gasteiger partial charge in [-0.05, 0) is 22.9 Å². The molecule has 12 heavy (non-hydrogen) atoms. The normalized spacial score (nSPS) is 10.5. The van der Waals surface area contributed by atoms with Crippen LogP contribution in [0, 0.1) is 6.92 Å². The third-order valence-electron chi connectivity index (χ3n) is 1.24. The summed E-state index contributed by atoms with van der Waals surface area (Å²) in [5.74, 6) is 0. The fourth-order valence-electron chi connectivity index (χ4n) is 0.770. The van der Waals surface area contributed by atoms with Crippen molar-refractivity contribution in [3.8, 4) is 10.7 Å². The van der Waals surface area contributed by atoms with Crippen LogP contribution in [-0.4, -0.2) is 15.2 Å². The highest BCUT2D eigenvalue weighted by atomic mass is 79.9. The van der Waals surface area contributed by atoms with E-state index in [1.807, 2.05) is 12.3 Å². The highest BCUT2D eigenvalue weighted by Gasteiger charge is 2.07. The van der Waals surface area contributed by atoms with E-state index in [2.05, 4.69) is 31.1 Å². The minimum Gasteiger partial charge on any atom is -0.239 e. The Morgan fingerprint density at radius 3 is 2.75 bits per heavy atom. The number of halogens is 1. The van der Waals surface area contributed by atoms with Crippen molar-refractivity contribution < 1.29 is 0 Å². The van der Waals surface area contributed by atoms with Crippen molar-refractivity contribution in [3.05, 3.63) is 14.3 Å². The molecule has 0 N–H and O–H groups in total. The van der Waals surface area contributed by atoms with Crippen molar-refractivity contribution in [2.24, 2.45) is 0 Å². The second-order valence-corrected chi connectivity index (χ2v) is 5.43. The average Bonchev–Trinajstić information content (AvgIpc) is 2.58. The molecule has 0 fully saturated rings. The number of rotatable bonds is 1. The first-order chi connectivity index (χ1) is 5.75. The molecule has 62 valence electrons. The van der Waals surface area contributed by atoms with Gasteiger partial charge in [-0.3, -0.25) is 0 Å². The predicted octanol–water partition coefficient (Wildman–Crippen LogP) is 2.73. The van der Waals surface area contributed by atoms with Gasteiger partial charge in [-0.15, -0.1) is 21.5 Å². The van der Waals surface area contributed by atoms with E-state index >= 15 is 0 Å². The Labute approximate surface area is 85.6 Å². The summed E-state index contributed by atoms with van der Waals surface area (Å²) in [4.78, 5) is 4.30. The molecular weight excluding hydrogens is 258 g/mol. The molecule has 0 aliphatic rings. The van der Waals surface area contributed by atoms with Gasteiger partial charge in [-0.25, -0.2) is 4.98 Å². The third kappa shape index (κ3) is 1.55. The van der Waals surface area contributed by atoms with E-state index in [1.54, 1.807) is 11.3 Å². The highest BCUT2D eigenvalue weighted by molar-refractivity contribution is 9.11. The fraction of sp³-hybridized carbons (Fsp3) is 0.167. The third-order valence-corrected chi connectivity index (χ3v) is 3.39. The van der Waals surface area contributed by atoms with Crippen molar-refractivity contribution >= 4 is 38.6 Å². The largest absolute Gasteiger partial charge is 0.239 e. The molecular formula is C6H4BrN3S2. The molecule has 3 nitrogen and oxygen atoms in total. The van der Waals surface area contributed by atoms with Crippen molar-refractivity contribution in [1.29, 1.82) is 0 Å². The van der Waals surface area contributed by atoms with Crippen molar-refractivity contribution in [2.75, 3.05) is 0 Å². The van der Waals surface area contributed by atoms with Gasteiger partial charge in [-0.1, -0.05) is 11.3 Å². The van der Waals surface area contributed by atoms with Crippen LogP contribution < -0.4 is 0 Å². The van der Waals surface area contributed by atoms with Crippen LogP contribution >= 0.6 is 38.6 Å². The molecule has 0 bridgehead atoms. The lowest BCUT2D eigenvalue weighted by molar-refractivity contribution is 1.07. The lowest BCUT2D eigenvalue weighted by atomic mass is 10.5. The van der Waals surface area contributed by atoms with Crippen LogP contribution in [0.2, 0.25) is 0 Å². The van der Waals surface area contributed by atoms with Crippen molar-refractivity contribution in [3.63, 3.8) is 0 Å². The van der Waals surface area contributed by atoms with E-state index in [4.69, 9.17) is 0 Å². The lowest BCUT2D eigenvalue weighted by Crippen LogP contribution is -1.76. The van der Waals surface area contributed by atoms with E-state index in [1.165, 1.54) is 11.3 Å². The molecule has 0 saturated heterocycles. The van der Waals surface area contributed by atoms with E-state index in [0.29, 0.717) is 0 Å². The lowest BCUT2D eigenvalue weighted by Gasteiger charge is -1.82. The van der Waals surface area contributed by atoms with Gasteiger partial charge in [0.1, 0.15) is 5.69 Å². The van der Waals surface area contributed by atoms with E-state index < -0.39 is 0 Å². The summed E-state index contributed by atoms with van der Waals surface area (Å²) in [6.07, 6.45) is 0. The molecule has 2 rings (SSSR count). The van der Waals surface area contributed by atoms with Crippen LogP contribution in [0.5, 0.6) is 0 Å². The molecule has 0 atom stereocenters. The first kappa shape index (κ1) is 8.28. The predicted molar refractivity (Wildman–Crippen MR) is 53.5 cm³/mol. The maximum Gasteiger partial charge on any atom is 0.183 e. The minimum atomic E-state index is 0.795. The Morgan fingerprint density at radius 2 is 2.25 bits per heavy atom. The molecule has 0 amide bonds. The molecule has 0 spiro atoms. The zero-order valence-corrected chi connectivity index (χ0v) is 9.33. The number of thiazole rings is 1. The number of aryl methyl sites for hydroxylation is 1. The standard InChI is InChI=1S/C6H4BrN3S2/c1-3-8-4(2-11-3)5-9-10-6(7)12-5/h2H,1H3. The van der Waals surface area contributed by atoms with Gasteiger partial charge >= 0.3 is 0 Å². The summed E-state index contributed by atoms with van der Waals surface area (Å²) in [6.45, 7) is 1.98. The molecule has 0 unspecified atom stereocenters. The van der Waals surface area contributed by atoms with Crippen molar-refractivity contribution in [2.45, 2.75) is 6.92 Å². The Hall–Kier alpha value is -0.330. The maximum atomic E-state index is 4.30. The van der Waals surface area contributed by atoms with Crippen LogP contribution in [0.25, 0.3) is 10.7 Å². The van der Waals surface area contributed by atoms with Crippen LogP contribution in [0.3, 0.4) is 0 Å². The quantitative estimate of drug-likeness (QED) is 0.793. The Morgan fingerprint density at radius 1 is 1.42 bits per heavy atom. The number of aromatic nitrogens is 3. The maximum absolute atomic E-state index is 4.30. The first-order valence-electron chi connectivity index (χ1n) is 3.17. The fourth-order valence-corrected chi connectivity index (χ4v) is 2.51. The van der Waals surface area contributed by atoms with Crippen LogP contribution in [0.1, 0.15) is 5.01 Å². The molecule has 2 aromatic rings. The topological polar surface area (TPSA) is 38.7 Å². The monoisotopic (exact) mass is 261 g/mol. The van der Waals surface area contributed by atoms with Crippen LogP contribution in [0.4, 0.5) is 0 Å². The summed E-state index contributed by atoms with van der Waals surface area (Å²) in [6, 6.07) is 0. The first-order valence-corrected chi connectivity index (χ1v) is 5.66. The summed E-state index contributed by atoms with van der Waals surface area (Å²) < 4.78 is 0.795. The van der Waals surface area contributed by atoms with Gasteiger partial charge in [0.05, 0.1) is 5.01 Å². The number of hydrogen-bond acceptors (Lipinski definition) is 5. The summed E-state index contributed by atoms with van der Waals surface area (Å²) in [5, 5.41) is 11.7. The van der Waals surface area contributed by atoms with Crippen LogP contribution in [0.15, 0.2) is 9.30 Å². The van der Waals surface area contributed by atoms with Gasteiger partial charge < -0.3 is 0 Å². The molecule has 0 aliphatic carbocycles. The van der Waals surface area contributed by atoms with Gasteiger partial charge in [-0.2, -0.15) is 0 Å². The van der Waals surface area contributed by atoms with Gasteiger partial charge in [0.25, 0.3) is 0 Å². The second kappa shape index (κ2) is 3.20. The van der Waals surface area contributed by atoms with Gasteiger partial charge in [0.15, 0.2) is 8.92 Å². The molecule has 2 aromatic heterocycles. The van der Waals surface area contributed by atoms with E-state index in [9.17, 15) is 0 Å². The summed E-state index contributed by atoms with van der Waals surface area (Å²) >= 11 is 6.37. The van der Waals surface area contributed by atoms with Crippen molar-refractivity contribution in [1.82, 2.24) is 15.2 Å². The molecule has 0 aromatic carbocycles. The SMILES string of the molecule is Cc1nc(-c2nnc(Br)s2)cs1. The smallest absolute Gasteiger partial charge is 0.183 e. The minimum absolute atomic E-state index is 0.795. The second-order valence-electron chi connectivity index (χ2n) is 2.11. The highest BCUT2D eigenvalue weighted by Crippen LogP contribution is 2.26. The average molecular weight is 262 g/mol. The molecule has 6 heteroatoms. The summed E-state index contributed by atoms with van der Waals surface area (Å²) in [5.41, 5.74) is 0.917. The van der Waals surface area contributed by atoms with Crippen LogP contribution in [-0.2, 0) is 0 Å². The molecule has 0 saturated carbocycles. The van der Waals surface area contributed by atoms with E-state index in [0.717, 1.165) is 19.6 Å². The zero-order chi connectivity index (χ0) is 8.55. The number of hydrogen-bond donors (Lipinski definition) is 0. The Balaban J connectivity index is 2.43. The Bertz CT molecular complexity index is 357. The number of nitrogens with zero attached hydrogens (tertiary/aromatic N) is 3.